The molecule has 8 rings (SSSR count). The largest absolute Gasteiger partial charge is 0.135 e. The van der Waals surface area contributed by atoms with Gasteiger partial charge in [-0.2, -0.15) is 0 Å². The Morgan fingerprint density at radius 2 is 0.761 bits per heavy atom. The van der Waals surface area contributed by atoms with Crippen molar-refractivity contribution in [2.45, 2.75) is 52.4 Å². The van der Waals surface area contributed by atoms with Crippen LogP contribution >= 0.6 is 22.7 Å². The van der Waals surface area contributed by atoms with Gasteiger partial charge in [-0.1, -0.05) is 126 Å². The molecule has 0 saturated carbocycles. The lowest BCUT2D eigenvalue weighted by atomic mass is 9.86. The molecule has 0 aliphatic carbocycles. The third kappa shape index (κ3) is 4.96. The molecule has 0 fully saturated rings. The second-order valence-corrected chi connectivity index (χ2v) is 16.8. The average molecular weight is 631 g/mol. The molecule has 226 valence electrons. The Balaban J connectivity index is 1.21. The maximum Gasteiger partial charge on any atom is 0.0433 e. The molecule has 0 atom stereocenters. The summed E-state index contributed by atoms with van der Waals surface area (Å²) in [5.74, 6) is 0. The summed E-state index contributed by atoms with van der Waals surface area (Å²) in [5.41, 5.74) is 10.6. The fourth-order valence-corrected chi connectivity index (χ4v) is 9.15. The zero-order valence-electron chi connectivity index (χ0n) is 27.4. The number of rotatable bonds is 3. The Morgan fingerprint density at radius 3 is 1.17 bits per heavy atom. The predicted molar refractivity (Wildman–Crippen MR) is 206 cm³/mol. The second kappa shape index (κ2) is 10.7. The summed E-state index contributed by atoms with van der Waals surface area (Å²) in [7, 11) is 0. The summed E-state index contributed by atoms with van der Waals surface area (Å²) in [6, 6.07) is 45.8. The van der Waals surface area contributed by atoms with Crippen LogP contribution in [0.25, 0.3) is 73.7 Å². The summed E-state index contributed by atoms with van der Waals surface area (Å²) >= 11 is 3.82. The minimum absolute atomic E-state index is 0.126. The van der Waals surface area contributed by atoms with E-state index < -0.39 is 0 Å². The minimum atomic E-state index is 0.126. The van der Waals surface area contributed by atoms with Crippen molar-refractivity contribution in [2.75, 3.05) is 0 Å². The van der Waals surface area contributed by atoms with Gasteiger partial charge < -0.3 is 0 Å². The van der Waals surface area contributed by atoms with Crippen molar-refractivity contribution in [1.82, 2.24) is 0 Å². The molecule has 8 aromatic rings. The van der Waals surface area contributed by atoms with E-state index in [1.807, 2.05) is 22.7 Å². The third-order valence-corrected chi connectivity index (χ3v) is 11.8. The van der Waals surface area contributed by atoms with Crippen LogP contribution in [0.3, 0.4) is 0 Å². The first-order chi connectivity index (χ1) is 22.0. The highest BCUT2D eigenvalue weighted by Gasteiger charge is 2.19. The summed E-state index contributed by atoms with van der Waals surface area (Å²) in [5, 5.41) is 5.43. The first-order valence-corrected chi connectivity index (χ1v) is 17.8. The molecule has 2 heteroatoms. The molecule has 0 radical (unpaired) electrons. The number of hydrogen-bond acceptors (Lipinski definition) is 2. The molecule has 6 aromatic carbocycles. The van der Waals surface area contributed by atoms with Gasteiger partial charge in [-0.15, -0.1) is 22.7 Å². The van der Waals surface area contributed by atoms with Gasteiger partial charge in [0.15, 0.2) is 0 Å². The molecule has 2 heterocycles. The average Bonchev–Trinajstić information content (AvgIpc) is 3.62. The summed E-state index contributed by atoms with van der Waals surface area (Å²) in [6.07, 6.45) is 0. The normalized spacial score (nSPS) is 12.6. The Morgan fingerprint density at radius 1 is 0.370 bits per heavy atom. The van der Waals surface area contributed by atoms with Crippen LogP contribution in [0.5, 0.6) is 0 Å². The molecule has 0 nitrogen and oxygen atoms in total. The van der Waals surface area contributed by atoms with E-state index in [9.17, 15) is 0 Å². The van der Waals surface area contributed by atoms with E-state index in [4.69, 9.17) is 0 Å². The maximum atomic E-state index is 2.40. The Kier molecular flexibility index (Phi) is 6.76. The zero-order chi connectivity index (χ0) is 31.8. The van der Waals surface area contributed by atoms with Gasteiger partial charge in [0.25, 0.3) is 0 Å². The van der Waals surface area contributed by atoms with Crippen LogP contribution < -0.4 is 0 Å². The highest BCUT2D eigenvalue weighted by atomic mass is 32.1. The fraction of sp³-hybridized carbons (Fsp3) is 0.182. The number of thiophene rings is 2. The van der Waals surface area contributed by atoms with Crippen molar-refractivity contribution in [3.8, 4) is 33.4 Å². The molecule has 2 aromatic heterocycles. The van der Waals surface area contributed by atoms with Crippen LogP contribution in [0.15, 0.2) is 121 Å². The zero-order valence-corrected chi connectivity index (χ0v) is 29.0. The maximum absolute atomic E-state index is 2.40. The van der Waals surface area contributed by atoms with Crippen molar-refractivity contribution in [3.05, 3.63) is 132 Å². The van der Waals surface area contributed by atoms with Gasteiger partial charge in [-0.3, -0.25) is 0 Å². The summed E-state index contributed by atoms with van der Waals surface area (Å²) in [6.45, 7) is 13.8. The summed E-state index contributed by atoms with van der Waals surface area (Å²) < 4.78 is 5.43. The lowest BCUT2D eigenvalue weighted by Gasteiger charge is -2.18. The highest BCUT2D eigenvalue weighted by Crippen LogP contribution is 2.44. The van der Waals surface area contributed by atoms with Gasteiger partial charge in [-0.05, 0) is 91.7 Å². The molecule has 46 heavy (non-hydrogen) atoms. The van der Waals surface area contributed by atoms with Crippen LogP contribution in [0, 0.1) is 0 Å². The molecule has 0 aliphatic heterocycles. The van der Waals surface area contributed by atoms with Crippen molar-refractivity contribution in [2.24, 2.45) is 0 Å². The van der Waals surface area contributed by atoms with Gasteiger partial charge in [0.05, 0.1) is 0 Å². The predicted octanol–water partition coefficient (Wildman–Crippen LogP) is 14.0. The molecule has 0 unspecified atom stereocenters. The molecule has 0 saturated heterocycles. The first kappa shape index (κ1) is 29.2. The highest BCUT2D eigenvalue weighted by molar-refractivity contribution is 7.26. The summed E-state index contributed by atoms with van der Waals surface area (Å²) in [4.78, 5) is 0. The van der Waals surface area contributed by atoms with E-state index in [0.717, 1.165) is 0 Å². The van der Waals surface area contributed by atoms with Crippen LogP contribution in [0.4, 0.5) is 0 Å². The monoisotopic (exact) mass is 630 g/mol. The van der Waals surface area contributed by atoms with Gasteiger partial charge in [-0.25, -0.2) is 0 Å². The van der Waals surface area contributed by atoms with Gasteiger partial charge in [0.1, 0.15) is 0 Å². The molecule has 0 N–H and O–H groups in total. The second-order valence-electron chi connectivity index (χ2n) is 14.7. The number of fused-ring (bicyclic) bond motifs is 6. The van der Waals surface area contributed by atoms with E-state index in [-0.39, 0.29) is 10.8 Å². The number of benzene rings is 6. The van der Waals surface area contributed by atoms with E-state index in [0.29, 0.717) is 0 Å². The van der Waals surface area contributed by atoms with Crippen molar-refractivity contribution in [3.63, 3.8) is 0 Å². The first-order valence-electron chi connectivity index (χ1n) is 16.2. The topological polar surface area (TPSA) is 0 Å². The molecule has 0 amide bonds. The van der Waals surface area contributed by atoms with E-state index in [1.54, 1.807) is 0 Å². The smallest absolute Gasteiger partial charge is 0.0433 e. The van der Waals surface area contributed by atoms with Crippen molar-refractivity contribution < 1.29 is 0 Å². The number of hydrogen-bond donors (Lipinski definition) is 0. The van der Waals surface area contributed by atoms with Crippen LogP contribution in [0.2, 0.25) is 0 Å². The van der Waals surface area contributed by atoms with Crippen LogP contribution in [-0.4, -0.2) is 0 Å². The quantitative estimate of drug-likeness (QED) is 0.182. The molecule has 0 aliphatic rings. The lowest BCUT2D eigenvalue weighted by molar-refractivity contribution is 0.591. The minimum Gasteiger partial charge on any atom is -0.135 e. The third-order valence-electron chi connectivity index (χ3n) is 9.41. The molecular formula is C44H38S2. The van der Waals surface area contributed by atoms with E-state index in [1.165, 1.54) is 84.9 Å². The van der Waals surface area contributed by atoms with E-state index in [2.05, 4.69) is 163 Å². The van der Waals surface area contributed by atoms with Crippen molar-refractivity contribution in [1.29, 1.82) is 0 Å². The van der Waals surface area contributed by atoms with Crippen LogP contribution in [0.1, 0.15) is 52.7 Å². The van der Waals surface area contributed by atoms with Gasteiger partial charge in [0.2, 0.25) is 0 Å². The van der Waals surface area contributed by atoms with Gasteiger partial charge >= 0.3 is 0 Å². The van der Waals surface area contributed by atoms with E-state index >= 15 is 0 Å². The molecular weight excluding hydrogens is 593 g/mol. The molecule has 0 bridgehead atoms. The Bertz CT molecular complexity index is 2260. The lowest BCUT2D eigenvalue weighted by Crippen LogP contribution is -2.10. The molecule has 0 spiro atoms. The standard InChI is InChI=1S/C44H38S2/c1-43(2,3)31-19-21-39-37(25-31)35-17-9-15-33(41(35)45-39)29-13-7-11-27(23-29)28-12-8-14-30(24-28)34-16-10-18-36-38-26-32(44(4,5)6)20-22-40(38)46-42(34)36/h7-26H,1-6H3. The Labute approximate surface area is 280 Å². The van der Waals surface area contributed by atoms with Crippen molar-refractivity contribution >= 4 is 63.0 Å². The fourth-order valence-electron chi connectivity index (χ4n) is 6.72. The van der Waals surface area contributed by atoms with Gasteiger partial charge in [0, 0.05) is 40.3 Å². The Hall–Kier alpha value is -4.24. The SMILES string of the molecule is CC(C)(C)c1ccc2sc3c(-c4cccc(-c5cccc(-c6cccc7c6sc6ccc(C(C)(C)C)cc67)c5)c4)cccc3c2c1. The van der Waals surface area contributed by atoms with Crippen LogP contribution in [-0.2, 0) is 10.8 Å².